The Morgan fingerprint density at radius 2 is 1.85 bits per heavy atom. The zero-order chi connectivity index (χ0) is 19.1. The predicted octanol–water partition coefficient (Wildman–Crippen LogP) is 1.60. The molecule has 0 spiro atoms. The van der Waals surface area contributed by atoms with Crippen LogP contribution in [0.3, 0.4) is 0 Å². The van der Waals surface area contributed by atoms with Crippen molar-refractivity contribution in [1.82, 2.24) is 9.80 Å². The number of hydrogen-bond donors (Lipinski definition) is 1. The highest BCUT2D eigenvalue weighted by Gasteiger charge is 2.58. The first-order valence-corrected chi connectivity index (χ1v) is 9.06. The third-order valence-electron chi connectivity index (χ3n) is 6.07. The molecule has 3 rings (SSSR count). The molecule has 142 valence electrons. The molecule has 0 aliphatic carbocycles. The molecular weight excluding hydrogens is 332 g/mol. The molecule has 2 heterocycles. The van der Waals surface area contributed by atoms with Crippen molar-refractivity contribution in [2.24, 2.45) is 11.3 Å². The molecule has 0 saturated carbocycles. The van der Waals surface area contributed by atoms with Gasteiger partial charge in [-0.05, 0) is 43.0 Å². The molecule has 0 bridgehead atoms. The van der Waals surface area contributed by atoms with Gasteiger partial charge in [-0.3, -0.25) is 14.5 Å². The second-order valence-electron chi connectivity index (χ2n) is 7.90. The maximum Gasteiger partial charge on any atom is 0.313 e. The van der Waals surface area contributed by atoms with Gasteiger partial charge in [0, 0.05) is 45.8 Å². The van der Waals surface area contributed by atoms with Crippen LogP contribution in [0, 0.1) is 32.1 Å². The number of ether oxygens (including phenoxy) is 1. The van der Waals surface area contributed by atoms with Crippen LogP contribution in [0.1, 0.15) is 22.3 Å². The first-order chi connectivity index (χ1) is 12.3. The number of benzene rings is 1. The van der Waals surface area contributed by atoms with E-state index in [1.54, 1.807) is 4.90 Å². The summed E-state index contributed by atoms with van der Waals surface area (Å²) in [4.78, 5) is 28.1. The highest BCUT2D eigenvalue weighted by Crippen LogP contribution is 2.43. The number of amides is 1. The van der Waals surface area contributed by atoms with Gasteiger partial charge < -0.3 is 14.7 Å². The molecule has 1 amide bonds. The van der Waals surface area contributed by atoms with E-state index in [1.807, 2.05) is 0 Å². The van der Waals surface area contributed by atoms with Crippen molar-refractivity contribution in [1.29, 1.82) is 0 Å². The molecule has 2 fully saturated rings. The maximum absolute atomic E-state index is 12.1. The van der Waals surface area contributed by atoms with Crippen LogP contribution < -0.4 is 0 Å². The van der Waals surface area contributed by atoms with Crippen LogP contribution in [0.5, 0.6) is 0 Å². The van der Waals surface area contributed by atoms with Gasteiger partial charge in [-0.25, -0.2) is 0 Å². The highest BCUT2D eigenvalue weighted by atomic mass is 16.5. The molecule has 6 heteroatoms. The third kappa shape index (κ3) is 3.23. The lowest BCUT2D eigenvalue weighted by Gasteiger charge is -2.26. The fraction of sp³-hybridized carbons (Fsp3) is 0.600. The van der Waals surface area contributed by atoms with Crippen molar-refractivity contribution in [2.75, 3.05) is 39.9 Å². The summed E-state index contributed by atoms with van der Waals surface area (Å²) in [7, 11) is 1.48. The molecule has 1 aromatic rings. The summed E-state index contributed by atoms with van der Waals surface area (Å²) in [6, 6.07) is 4.40. The molecule has 2 atom stereocenters. The summed E-state index contributed by atoms with van der Waals surface area (Å²) >= 11 is 0. The predicted molar refractivity (Wildman–Crippen MR) is 97.9 cm³/mol. The number of methoxy groups -OCH3 is 1. The SMILES string of the molecule is COCC(=O)N1C[C@@H]2CN(Cc3cc(C)c(C)cc3C)C[C@]2(C(=O)O)C1. The number of fused-ring (bicyclic) bond motifs is 1. The minimum Gasteiger partial charge on any atom is -0.481 e. The van der Waals surface area contributed by atoms with Gasteiger partial charge in [-0.2, -0.15) is 0 Å². The summed E-state index contributed by atoms with van der Waals surface area (Å²) < 4.78 is 4.92. The monoisotopic (exact) mass is 360 g/mol. The second kappa shape index (κ2) is 7.00. The summed E-state index contributed by atoms with van der Waals surface area (Å²) in [5, 5.41) is 9.93. The molecule has 26 heavy (non-hydrogen) atoms. The van der Waals surface area contributed by atoms with Crippen LogP contribution in [0.2, 0.25) is 0 Å². The number of nitrogens with zero attached hydrogens (tertiary/aromatic N) is 2. The van der Waals surface area contributed by atoms with E-state index >= 15 is 0 Å². The number of aryl methyl sites for hydroxylation is 3. The lowest BCUT2D eigenvalue weighted by Crippen LogP contribution is -2.42. The average molecular weight is 360 g/mol. The van der Waals surface area contributed by atoms with Crippen molar-refractivity contribution >= 4 is 11.9 Å². The Morgan fingerprint density at radius 1 is 1.15 bits per heavy atom. The summed E-state index contributed by atoms with van der Waals surface area (Å²) in [5.74, 6) is -0.957. The number of likely N-dealkylation sites (tertiary alicyclic amines) is 2. The van der Waals surface area contributed by atoms with E-state index in [0.29, 0.717) is 19.6 Å². The van der Waals surface area contributed by atoms with Crippen molar-refractivity contribution in [3.8, 4) is 0 Å². The van der Waals surface area contributed by atoms with E-state index in [4.69, 9.17) is 4.74 Å². The van der Waals surface area contributed by atoms with Crippen LogP contribution >= 0.6 is 0 Å². The number of carbonyl (C=O) groups is 2. The van der Waals surface area contributed by atoms with E-state index in [-0.39, 0.29) is 25.0 Å². The Morgan fingerprint density at radius 3 is 2.46 bits per heavy atom. The lowest BCUT2D eigenvalue weighted by molar-refractivity contribution is -0.149. The second-order valence-corrected chi connectivity index (χ2v) is 7.90. The van der Waals surface area contributed by atoms with Crippen molar-refractivity contribution in [2.45, 2.75) is 27.3 Å². The molecule has 2 saturated heterocycles. The molecule has 0 aromatic heterocycles. The van der Waals surface area contributed by atoms with Gasteiger partial charge in [-0.1, -0.05) is 12.1 Å². The zero-order valence-corrected chi connectivity index (χ0v) is 16.0. The number of rotatable bonds is 5. The van der Waals surface area contributed by atoms with Gasteiger partial charge in [0.15, 0.2) is 0 Å². The number of hydrogen-bond acceptors (Lipinski definition) is 4. The average Bonchev–Trinajstić information content (AvgIpc) is 3.08. The highest BCUT2D eigenvalue weighted by molar-refractivity contribution is 5.82. The lowest BCUT2D eigenvalue weighted by atomic mass is 9.81. The van der Waals surface area contributed by atoms with Gasteiger partial charge in [-0.15, -0.1) is 0 Å². The standard InChI is InChI=1S/C20H28N2O4/c1-13-5-15(3)16(6-14(13)2)7-21-8-17-9-22(18(23)10-26-4)12-20(17,11-21)19(24)25/h5-6,17H,7-12H2,1-4H3,(H,24,25)/t17-,20-/m0/s1. The van der Waals surface area contributed by atoms with E-state index in [2.05, 4.69) is 37.8 Å². The van der Waals surface area contributed by atoms with E-state index in [9.17, 15) is 14.7 Å². The Bertz CT molecular complexity index is 733. The summed E-state index contributed by atoms with van der Waals surface area (Å²) in [6.07, 6.45) is 0. The summed E-state index contributed by atoms with van der Waals surface area (Å²) in [5.41, 5.74) is 4.16. The summed E-state index contributed by atoms with van der Waals surface area (Å²) in [6.45, 7) is 9.04. The minimum atomic E-state index is -0.864. The van der Waals surface area contributed by atoms with E-state index < -0.39 is 11.4 Å². The third-order valence-corrected chi connectivity index (χ3v) is 6.07. The van der Waals surface area contributed by atoms with Crippen LogP contribution in [0.15, 0.2) is 12.1 Å². The Hall–Kier alpha value is -1.92. The normalized spacial score (nSPS) is 25.5. The number of carbonyl (C=O) groups excluding carboxylic acids is 1. The fourth-order valence-corrected chi connectivity index (χ4v) is 4.43. The molecule has 0 radical (unpaired) electrons. The number of carboxylic acid groups (broad SMARTS) is 1. The Kier molecular flexibility index (Phi) is 5.08. The molecule has 6 nitrogen and oxygen atoms in total. The van der Waals surface area contributed by atoms with Gasteiger partial charge in [0.1, 0.15) is 12.0 Å². The number of carboxylic acids is 1. The van der Waals surface area contributed by atoms with Crippen molar-refractivity contribution in [3.63, 3.8) is 0 Å². The van der Waals surface area contributed by atoms with Crippen molar-refractivity contribution in [3.05, 3.63) is 34.4 Å². The minimum absolute atomic E-state index is 0.00791. The van der Waals surface area contributed by atoms with E-state index in [1.165, 1.54) is 29.4 Å². The smallest absolute Gasteiger partial charge is 0.313 e. The first kappa shape index (κ1) is 18.9. The quantitative estimate of drug-likeness (QED) is 0.864. The Labute approximate surface area is 154 Å². The van der Waals surface area contributed by atoms with Crippen LogP contribution in [0.4, 0.5) is 0 Å². The van der Waals surface area contributed by atoms with Gasteiger partial charge in [0.25, 0.3) is 0 Å². The molecule has 0 unspecified atom stereocenters. The molecule has 2 aliphatic rings. The number of aliphatic carboxylic acids is 1. The van der Waals surface area contributed by atoms with Gasteiger partial charge in [0.05, 0.1) is 0 Å². The van der Waals surface area contributed by atoms with Crippen LogP contribution in [-0.4, -0.2) is 66.7 Å². The Balaban J connectivity index is 1.75. The van der Waals surface area contributed by atoms with E-state index in [0.717, 1.165) is 6.54 Å². The zero-order valence-electron chi connectivity index (χ0n) is 16.0. The fourth-order valence-electron chi connectivity index (χ4n) is 4.43. The van der Waals surface area contributed by atoms with Gasteiger partial charge in [0.2, 0.25) is 5.91 Å². The molecule has 1 N–H and O–H groups in total. The first-order valence-electron chi connectivity index (χ1n) is 9.06. The van der Waals surface area contributed by atoms with Crippen LogP contribution in [0.25, 0.3) is 0 Å². The topological polar surface area (TPSA) is 70.1 Å². The molecule has 2 aliphatic heterocycles. The maximum atomic E-state index is 12.1. The molecule has 1 aromatic carbocycles. The van der Waals surface area contributed by atoms with Crippen molar-refractivity contribution < 1.29 is 19.4 Å². The van der Waals surface area contributed by atoms with Crippen LogP contribution in [-0.2, 0) is 20.9 Å². The van der Waals surface area contributed by atoms with Gasteiger partial charge >= 0.3 is 5.97 Å². The molecular formula is C20H28N2O4. The largest absolute Gasteiger partial charge is 0.481 e.